The van der Waals surface area contributed by atoms with Crippen molar-refractivity contribution >= 4 is 9.84 Å². The molecular weight excluding hydrogens is 290 g/mol. The Hall–Kier alpha value is -2.22. The lowest BCUT2D eigenvalue weighted by Gasteiger charge is -1.98. The number of rotatable bonds is 4. The molecule has 0 aliphatic heterocycles. The second kappa shape index (κ2) is 6.49. The van der Waals surface area contributed by atoms with E-state index in [0.717, 1.165) is 11.3 Å². The van der Waals surface area contributed by atoms with Crippen LogP contribution < -0.4 is 0 Å². The summed E-state index contributed by atoms with van der Waals surface area (Å²) in [5.74, 6) is 0.715. The lowest BCUT2D eigenvalue weighted by Crippen LogP contribution is -2.11. The number of aryl methyl sites for hydroxylation is 2. The van der Waals surface area contributed by atoms with E-state index in [0.29, 0.717) is 12.4 Å². The third-order valence-corrected chi connectivity index (χ3v) is 3.64. The van der Waals surface area contributed by atoms with E-state index in [1.807, 2.05) is 6.07 Å². The predicted octanol–water partition coefficient (Wildman–Crippen LogP) is 1.15. The van der Waals surface area contributed by atoms with E-state index in [9.17, 15) is 8.42 Å². The van der Waals surface area contributed by atoms with Crippen LogP contribution in [-0.2, 0) is 16.4 Å². The lowest BCUT2D eigenvalue weighted by atomic mass is 10.2. The molecule has 0 aromatic carbocycles. The molecule has 2 heterocycles. The standard InChI is InChI=1S/C13H17N5O2S/c1-11-14-5-3-4-13(16-10-15-11)12-8-17-18(9-12)6-7-21(2,19)20/h3-5,8-10H,6-7H2,1-2H3,(H,14,15,16). The van der Waals surface area contributed by atoms with Gasteiger partial charge in [0.05, 0.1) is 24.8 Å². The number of aromatic nitrogens is 5. The summed E-state index contributed by atoms with van der Waals surface area (Å²) in [6.07, 6.45) is 7.90. The molecule has 2 aromatic rings. The number of nitrogens with zero attached hydrogens (tertiary/aromatic N) is 4. The largest absolute Gasteiger partial charge is 0.346 e. The monoisotopic (exact) mass is 307 g/mol. The molecule has 112 valence electrons. The number of aromatic amines is 1. The quantitative estimate of drug-likeness (QED) is 0.914. The molecule has 0 atom stereocenters. The summed E-state index contributed by atoms with van der Waals surface area (Å²) in [7, 11) is -3.00. The van der Waals surface area contributed by atoms with E-state index in [4.69, 9.17) is 0 Å². The summed E-state index contributed by atoms with van der Waals surface area (Å²) in [6.45, 7) is 2.13. The summed E-state index contributed by atoms with van der Waals surface area (Å²) in [4.78, 5) is 11.3. The van der Waals surface area contributed by atoms with Crippen molar-refractivity contribution in [2.45, 2.75) is 13.5 Å². The van der Waals surface area contributed by atoms with Crippen LogP contribution in [0, 0.1) is 6.92 Å². The van der Waals surface area contributed by atoms with Gasteiger partial charge in [0.15, 0.2) is 0 Å². The second-order valence-electron chi connectivity index (χ2n) is 4.62. The summed E-state index contributed by atoms with van der Waals surface area (Å²) in [6, 6.07) is 3.65. The maximum atomic E-state index is 11.2. The maximum Gasteiger partial charge on any atom is 0.149 e. The van der Waals surface area contributed by atoms with Crippen LogP contribution in [0.15, 0.2) is 37.1 Å². The average molecular weight is 307 g/mol. The van der Waals surface area contributed by atoms with Crippen molar-refractivity contribution in [3.05, 3.63) is 42.9 Å². The van der Waals surface area contributed by atoms with Gasteiger partial charge in [-0.3, -0.25) is 4.68 Å². The second-order valence-corrected chi connectivity index (χ2v) is 6.88. The Morgan fingerprint density at radius 3 is 2.90 bits per heavy atom. The molecule has 0 unspecified atom stereocenters. The van der Waals surface area contributed by atoms with Crippen LogP contribution in [-0.4, -0.2) is 45.2 Å². The Balaban J connectivity index is 2.25. The van der Waals surface area contributed by atoms with Gasteiger partial charge in [-0.1, -0.05) is 0 Å². The van der Waals surface area contributed by atoms with Crippen LogP contribution >= 0.6 is 0 Å². The summed E-state index contributed by atoms with van der Waals surface area (Å²) in [5.41, 5.74) is 1.66. The highest BCUT2D eigenvalue weighted by Gasteiger charge is 2.05. The van der Waals surface area contributed by atoms with E-state index in [1.165, 1.54) is 6.26 Å². The lowest BCUT2D eigenvalue weighted by molar-refractivity contribution is 0.586. The van der Waals surface area contributed by atoms with Gasteiger partial charge in [0, 0.05) is 29.9 Å². The Morgan fingerprint density at radius 2 is 2.14 bits per heavy atom. The number of hydrogen-bond acceptors (Lipinski definition) is 5. The summed E-state index contributed by atoms with van der Waals surface area (Å²) < 4.78 is 23.9. The molecule has 0 bridgehead atoms. The molecule has 0 saturated heterocycles. The van der Waals surface area contributed by atoms with E-state index in [2.05, 4.69) is 20.1 Å². The third kappa shape index (κ3) is 4.99. The molecule has 0 radical (unpaired) electrons. The molecule has 0 aliphatic carbocycles. The Bertz CT molecular complexity index is 762. The van der Waals surface area contributed by atoms with Crippen molar-refractivity contribution in [1.29, 1.82) is 0 Å². The van der Waals surface area contributed by atoms with Gasteiger partial charge in [-0.05, 0) is 19.1 Å². The van der Waals surface area contributed by atoms with Crippen molar-refractivity contribution in [3.63, 3.8) is 0 Å². The van der Waals surface area contributed by atoms with Crippen molar-refractivity contribution in [2.24, 2.45) is 0 Å². The van der Waals surface area contributed by atoms with E-state index in [-0.39, 0.29) is 5.75 Å². The zero-order valence-electron chi connectivity index (χ0n) is 11.9. The molecular formula is C13H17N5O2S. The molecule has 8 heteroatoms. The van der Waals surface area contributed by atoms with Crippen molar-refractivity contribution in [2.75, 3.05) is 12.0 Å². The number of H-pyrrole nitrogens is 1. The first-order valence-electron chi connectivity index (χ1n) is 6.35. The van der Waals surface area contributed by atoms with Gasteiger partial charge >= 0.3 is 0 Å². The fraction of sp³-hybridized carbons (Fsp3) is 0.308. The van der Waals surface area contributed by atoms with Gasteiger partial charge in [-0.25, -0.2) is 18.4 Å². The molecule has 7 nitrogen and oxygen atoms in total. The molecule has 0 aliphatic rings. The first-order valence-corrected chi connectivity index (χ1v) is 8.41. The van der Waals surface area contributed by atoms with Gasteiger partial charge in [-0.15, -0.1) is 0 Å². The fourth-order valence-electron chi connectivity index (χ4n) is 1.63. The molecule has 0 fully saturated rings. The van der Waals surface area contributed by atoms with Crippen molar-refractivity contribution in [3.8, 4) is 11.3 Å². The van der Waals surface area contributed by atoms with E-state index >= 15 is 0 Å². The number of sulfone groups is 1. The number of nitrogens with one attached hydrogen (secondary N) is 1. The van der Waals surface area contributed by atoms with Gasteiger partial charge in [-0.2, -0.15) is 5.10 Å². The highest BCUT2D eigenvalue weighted by Crippen LogP contribution is 2.13. The fourth-order valence-corrected chi connectivity index (χ4v) is 2.15. The van der Waals surface area contributed by atoms with Gasteiger partial charge in [0.1, 0.15) is 15.7 Å². The minimum Gasteiger partial charge on any atom is -0.346 e. The molecule has 0 saturated carbocycles. The Kier molecular flexibility index (Phi) is 4.69. The van der Waals surface area contributed by atoms with Gasteiger partial charge < -0.3 is 4.98 Å². The highest BCUT2D eigenvalue weighted by molar-refractivity contribution is 7.90. The zero-order valence-corrected chi connectivity index (χ0v) is 12.7. The van der Waals surface area contributed by atoms with Gasteiger partial charge in [0.25, 0.3) is 0 Å². The van der Waals surface area contributed by atoms with Crippen LogP contribution in [0.3, 0.4) is 0 Å². The normalized spacial score (nSPS) is 11.1. The average Bonchev–Trinajstić information content (AvgIpc) is 2.88. The van der Waals surface area contributed by atoms with Gasteiger partial charge in [0.2, 0.25) is 0 Å². The first-order chi connectivity index (χ1) is 9.94. The molecule has 1 N–H and O–H groups in total. The van der Waals surface area contributed by atoms with Crippen molar-refractivity contribution in [1.82, 2.24) is 24.7 Å². The zero-order chi connectivity index (χ0) is 15.3. The highest BCUT2D eigenvalue weighted by atomic mass is 32.2. The van der Waals surface area contributed by atoms with E-state index < -0.39 is 9.84 Å². The minimum absolute atomic E-state index is 0.0645. The topological polar surface area (TPSA) is 93.5 Å². The predicted molar refractivity (Wildman–Crippen MR) is 79.7 cm³/mol. The van der Waals surface area contributed by atoms with E-state index in [1.54, 1.807) is 42.6 Å². The molecule has 2 rings (SSSR count). The SMILES string of the molecule is Cc1ncccc(-c2cnn(CCS(C)(=O)=O)c2)[nH]cn1. The van der Waals surface area contributed by atoms with Crippen LogP contribution in [0.1, 0.15) is 5.82 Å². The van der Waals surface area contributed by atoms with Crippen LogP contribution in [0.2, 0.25) is 0 Å². The van der Waals surface area contributed by atoms with Crippen LogP contribution in [0.4, 0.5) is 0 Å². The maximum absolute atomic E-state index is 11.2. The molecule has 21 heavy (non-hydrogen) atoms. The molecule has 0 spiro atoms. The Morgan fingerprint density at radius 1 is 1.33 bits per heavy atom. The third-order valence-electron chi connectivity index (χ3n) is 2.72. The summed E-state index contributed by atoms with van der Waals surface area (Å²) in [5, 5.41) is 4.16. The Labute approximate surface area is 123 Å². The minimum atomic E-state index is -3.00. The van der Waals surface area contributed by atoms with Crippen molar-refractivity contribution < 1.29 is 8.42 Å². The molecule has 0 amide bonds. The summed E-state index contributed by atoms with van der Waals surface area (Å²) >= 11 is 0. The number of hydrogen-bond donors (Lipinski definition) is 1. The molecule has 2 aromatic heterocycles. The first kappa shape index (κ1) is 15.2. The smallest absolute Gasteiger partial charge is 0.149 e. The van der Waals surface area contributed by atoms with Crippen LogP contribution in [0.5, 0.6) is 0 Å². The van der Waals surface area contributed by atoms with Crippen LogP contribution in [0.25, 0.3) is 11.3 Å².